The summed E-state index contributed by atoms with van der Waals surface area (Å²) in [5, 5.41) is 11.9. The zero-order chi connectivity index (χ0) is 17.6. The van der Waals surface area contributed by atoms with E-state index < -0.39 is 0 Å². The van der Waals surface area contributed by atoms with E-state index in [1.165, 1.54) is 7.11 Å². The number of hydrogen-bond donors (Lipinski definition) is 1. The number of aromatic nitrogens is 1. The number of ether oxygens (including phenoxy) is 1. The van der Waals surface area contributed by atoms with Crippen LogP contribution in [0.4, 0.5) is 0 Å². The number of nitrogens with zero attached hydrogens (tertiary/aromatic N) is 3. The van der Waals surface area contributed by atoms with E-state index in [0.717, 1.165) is 23.0 Å². The number of methoxy groups -OCH3 is 1. The second-order valence-corrected chi connectivity index (χ2v) is 8.00. The first-order chi connectivity index (χ1) is 12.1. The predicted molar refractivity (Wildman–Crippen MR) is 101 cm³/mol. The second kappa shape index (κ2) is 6.42. The molecule has 1 saturated heterocycles. The van der Waals surface area contributed by atoms with Crippen LogP contribution in [0.3, 0.4) is 0 Å². The van der Waals surface area contributed by atoms with Crippen molar-refractivity contribution in [2.24, 2.45) is 4.99 Å². The Morgan fingerprint density at radius 2 is 2.20 bits per heavy atom. The smallest absolute Gasteiger partial charge is 0.176 e. The van der Waals surface area contributed by atoms with E-state index in [1.54, 1.807) is 24.0 Å². The lowest BCUT2D eigenvalue weighted by atomic mass is 9.96. The predicted octanol–water partition coefficient (Wildman–Crippen LogP) is 4.04. The standard InChI is InChI=1S/C18H18ClN3O2S/c1-10-9-22-16(11-7-12(19)17(23)14(8-11)24-2)15(21-18(22)25-10)13-5-3-4-6-20-13/h3-8,10,15-16,23H,9H2,1-2H3/t10-,15+,16+/m0/s1. The van der Waals surface area contributed by atoms with Crippen molar-refractivity contribution in [3.63, 3.8) is 0 Å². The zero-order valence-corrected chi connectivity index (χ0v) is 15.5. The quantitative estimate of drug-likeness (QED) is 0.877. The molecule has 1 aromatic carbocycles. The Morgan fingerprint density at radius 1 is 1.36 bits per heavy atom. The topological polar surface area (TPSA) is 58.0 Å². The van der Waals surface area contributed by atoms with Gasteiger partial charge in [0.15, 0.2) is 16.7 Å². The minimum Gasteiger partial charge on any atom is -0.503 e. The van der Waals surface area contributed by atoms with Gasteiger partial charge in [0.1, 0.15) is 6.04 Å². The first kappa shape index (κ1) is 16.5. The molecule has 4 rings (SSSR count). The molecule has 1 fully saturated rings. The second-order valence-electron chi connectivity index (χ2n) is 6.19. The number of thioether (sulfide) groups is 1. The minimum atomic E-state index is -0.110. The van der Waals surface area contributed by atoms with Gasteiger partial charge >= 0.3 is 0 Å². The molecule has 1 aromatic heterocycles. The number of phenolic OH excluding ortho intramolecular Hbond substituents is 1. The molecule has 0 radical (unpaired) electrons. The molecule has 130 valence electrons. The third-order valence-corrected chi connectivity index (χ3v) is 5.88. The molecule has 3 atom stereocenters. The number of amidine groups is 1. The fourth-order valence-corrected chi connectivity index (χ4v) is 4.71. The molecule has 2 aliphatic heterocycles. The van der Waals surface area contributed by atoms with E-state index >= 15 is 0 Å². The van der Waals surface area contributed by atoms with Gasteiger partial charge in [0.2, 0.25) is 0 Å². The summed E-state index contributed by atoms with van der Waals surface area (Å²) in [7, 11) is 1.52. The molecular weight excluding hydrogens is 358 g/mol. The van der Waals surface area contributed by atoms with Gasteiger partial charge in [-0.3, -0.25) is 9.98 Å². The molecule has 0 saturated carbocycles. The molecule has 7 heteroatoms. The highest BCUT2D eigenvalue weighted by Gasteiger charge is 2.43. The average Bonchev–Trinajstić information content (AvgIpc) is 3.14. The number of pyridine rings is 1. The van der Waals surface area contributed by atoms with Crippen molar-refractivity contribution >= 4 is 28.5 Å². The van der Waals surface area contributed by atoms with E-state index in [-0.39, 0.29) is 22.9 Å². The third kappa shape index (κ3) is 2.83. The number of benzene rings is 1. The van der Waals surface area contributed by atoms with E-state index in [1.807, 2.05) is 24.3 Å². The van der Waals surface area contributed by atoms with Crippen LogP contribution in [0, 0.1) is 0 Å². The van der Waals surface area contributed by atoms with Crippen LogP contribution in [-0.4, -0.2) is 39.1 Å². The normalized spacial score (nSPS) is 25.0. The van der Waals surface area contributed by atoms with Gasteiger partial charge in [-0.15, -0.1) is 0 Å². The summed E-state index contributed by atoms with van der Waals surface area (Å²) in [5.74, 6) is 0.334. The molecule has 0 spiro atoms. The van der Waals surface area contributed by atoms with E-state index in [0.29, 0.717) is 11.0 Å². The lowest BCUT2D eigenvalue weighted by Gasteiger charge is -2.28. The highest BCUT2D eigenvalue weighted by Crippen LogP contribution is 2.49. The lowest BCUT2D eigenvalue weighted by molar-refractivity contribution is 0.318. The van der Waals surface area contributed by atoms with E-state index in [9.17, 15) is 5.11 Å². The van der Waals surface area contributed by atoms with Gasteiger partial charge in [0.05, 0.1) is 23.9 Å². The van der Waals surface area contributed by atoms with Crippen molar-refractivity contribution in [1.29, 1.82) is 0 Å². The number of hydrogen-bond acceptors (Lipinski definition) is 6. The molecule has 25 heavy (non-hydrogen) atoms. The van der Waals surface area contributed by atoms with Crippen LogP contribution >= 0.6 is 23.4 Å². The molecule has 0 aliphatic carbocycles. The Bertz CT molecular complexity index is 831. The molecule has 0 unspecified atom stereocenters. The number of aromatic hydroxyl groups is 1. The van der Waals surface area contributed by atoms with Crippen LogP contribution in [0.25, 0.3) is 0 Å². The number of rotatable bonds is 3. The van der Waals surface area contributed by atoms with Crippen LogP contribution < -0.4 is 4.74 Å². The number of halogens is 1. The zero-order valence-electron chi connectivity index (χ0n) is 13.9. The largest absolute Gasteiger partial charge is 0.503 e. The maximum absolute atomic E-state index is 10.1. The summed E-state index contributed by atoms with van der Waals surface area (Å²) in [6.45, 7) is 3.11. The fourth-order valence-electron chi connectivity index (χ4n) is 3.40. The van der Waals surface area contributed by atoms with Gasteiger partial charge in [-0.25, -0.2) is 0 Å². The van der Waals surface area contributed by atoms with Crippen LogP contribution in [0.1, 0.15) is 30.3 Å². The highest BCUT2D eigenvalue weighted by molar-refractivity contribution is 8.14. The van der Waals surface area contributed by atoms with Gasteiger partial charge in [-0.05, 0) is 29.8 Å². The average molecular weight is 376 g/mol. The van der Waals surface area contributed by atoms with Gasteiger partial charge in [0, 0.05) is 18.0 Å². The lowest BCUT2D eigenvalue weighted by Crippen LogP contribution is -2.28. The maximum atomic E-state index is 10.1. The summed E-state index contributed by atoms with van der Waals surface area (Å²) in [5.41, 5.74) is 1.88. The van der Waals surface area contributed by atoms with Crippen molar-refractivity contribution in [1.82, 2.24) is 9.88 Å². The Labute approximate surface area is 155 Å². The maximum Gasteiger partial charge on any atom is 0.176 e. The molecule has 2 aromatic rings. The van der Waals surface area contributed by atoms with Crippen molar-refractivity contribution in [3.8, 4) is 11.5 Å². The van der Waals surface area contributed by atoms with E-state index in [2.05, 4.69) is 16.8 Å². The Kier molecular flexibility index (Phi) is 4.25. The Balaban J connectivity index is 1.81. The molecule has 0 amide bonds. The Morgan fingerprint density at radius 3 is 2.92 bits per heavy atom. The van der Waals surface area contributed by atoms with Crippen LogP contribution in [0.5, 0.6) is 11.5 Å². The molecule has 5 nitrogen and oxygen atoms in total. The van der Waals surface area contributed by atoms with E-state index in [4.69, 9.17) is 21.3 Å². The third-order valence-electron chi connectivity index (χ3n) is 4.49. The van der Waals surface area contributed by atoms with Gasteiger partial charge in [-0.2, -0.15) is 0 Å². The van der Waals surface area contributed by atoms with Gasteiger partial charge in [-0.1, -0.05) is 36.4 Å². The van der Waals surface area contributed by atoms with Gasteiger partial charge in [0.25, 0.3) is 0 Å². The summed E-state index contributed by atoms with van der Waals surface area (Å²) < 4.78 is 5.29. The SMILES string of the molecule is COc1cc([C@@H]2[C@@H](c3ccccn3)N=C3S[C@@H](C)CN32)cc(Cl)c1O. The van der Waals surface area contributed by atoms with Crippen LogP contribution in [0.15, 0.2) is 41.5 Å². The van der Waals surface area contributed by atoms with Crippen LogP contribution in [-0.2, 0) is 0 Å². The van der Waals surface area contributed by atoms with Gasteiger partial charge < -0.3 is 14.7 Å². The fraction of sp³-hybridized carbons (Fsp3) is 0.333. The van der Waals surface area contributed by atoms with Crippen LogP contribution in [0.2, 0.25) is 5.02 Å². The van der Waals surface area contributed by atoms with Crippen molar-refractivity contribution < 1.29 is 9.84 Å². The monoisotopic (exact) mass is 375 g/mol. The van der Waals surface area contributed by atoms with Crippen molar-refractivity contribution in [2.45, 2.75) is 24.3 Å². The first-order valence-electron chi connectivity index (χ1n) is 8.07. The number of phenols is 1. The summed E-state index contributed by atoms with van der Waals surface area (Å²) >= 11 is 8.02. The molecule has 2 aliphatic rings. The first-order valence-corrected chi connectivity index (χ1v) is 9.32. The number of aliphatic imine (C=N–C) groups is 1. The molecule has 1 N–H and O–H groups in total. The molecular formula is C18H18ClN3O2S. The van der Waals surface area contributed by atoms with Crippen molar-refractivity contribution in [2.75, 3.05) is 13.7 Å². The molecule has 3 heterocycles. The van der Waals surface area contributed by atoms with Crippen molar-refractivity contribution in [3.05, 3.63) is 52.8 Å². The number of fused-ring (bicyclic) bond motifs is 1. The highest BCUT2D eigenvalue weighted by atomic mass is 35.5. The summed E-state index contributed by atoms with van der Waals surface area (Å²) in [4.78, 5) is 11.7. The Hall–Kier alpha value is -1.92. The molecule has 0 bridgehead atoms. The summed E-state index contributed by atoms with van der Waals surface area (Å²) in [6.07, 6.45) is 1.79. The minimum absolute atomic E-state index is 0.0191. The summed E-state index contributed by atoms with van der Waals surface area (Å²) in [6, 6.07) is 9.38.